The number of carbonyl (C=O) groups is 2. The minimum Gasteiger partial charge on any atom is -0.326 e. The Morgan fingerprint density at radius 2 is 1.81 bits per heavy atom. The SMILES string of the molecule is NS(=O)(=O)c1ccc(NC(=O)CCCN2C(=O)/C(=C\c3ccc(Cl)cc3)SC2=S)cc1. The van der Waals surface area contributed by atoms with E-state index in [0.29, 0.717) is 32.9 Å². The number of benzene rings is 2. The van der Waals surface area contributed by atoms with Crippen molar-refractivity contribution in [3.05, 3.63) is 64.0 Å². The number of thiocarbonyl (C=S) groups is 1. The van der Waals surface area contributed by atoms with E-state index in [-0.39, 0.29) is 23.1 Å². The van der Waals surface area contributed by atoms with Gasteiger partial charge in [-0.3, -0.25) is 14.5 Å². The highest BCUT2D eigenvalue weighted by molar-refractivity contribution is 8.26. The van der Waals surface area contributed by atoms with Crippen molar-refractivity contribution in [2.24, 2.45) is 5.14 Å². The van der Waals surface area contributed by atoms with Gasteiger partial charge in [0, 0.05) is 23.7 Å². The maximum atomic E-state index is 12.6. The molecule has 2 aromatic rings. The standard InChI is InChI=1S/C20H18ClN3O4S3/c21-14-5-3-13(4-6-14)12-17-19(26)24(20(29)30-17)11-1-2-18(25)23-15-7-9-16(10-8-15)31(22,27)28/h3-10,12H,1-2,11H2,(H,23,25)(H2,22,27,28)/b17-12+. The fourth-order valence-corrected chi connectivity index (χ4v) is 4.70. The molecule has 11 heteroatoms. The summed E-state index contributed by atoms with van der Waals surface area (Å²) in [5, 5.41) is 8.34. The van der Waals surface area contributed by atoms with Crippen LogP contribution in [0.5, 0.6) is 0 Å². The molecule has 0 radical (unpaired) electrons. The summed E-state index contributed by atoms with van der Waals surface area (Å²) in [7, 11) is -3.78. The maximum Gasteiger partial charge on any atom is 0.266 e. The summed E-state index contributed by atoms with van der Waals surface area (Å²) in [6, 6.07) is 12.7. The highest BCUT2D eigenvalue weighted by atomic mass is 35.5. The summed E-state index contributed by atoms with van der Waals surface area (Å²) in [5.41, 5.74) is 1.30. The molecular formula is C20H18ClN3O4S3. The van der Waals surface area contributed by atoms with E-state index < -0.39 is 10.0 Å². The number of anilines is 1. The molecule has 0 saturated carbocycles. The summed E-state index contributed by atoms with van der Waals surface area (Å²) in [4.78, 5) is 26.7. The van der Waals surface area contributed by atoms with Crippen molar-refractivity contribution >= 4 is 73.5 Å². The minimum absolute atomic E-state index is 0.0356. The molecule has 1 fully saturated rings. The average Bonchev–Trinajstić information content (AvgIpc) is 2.97. The highest BCUT2D eigenvalue weighted by Crippen LogP contribution is 2.32. The van der Waals surface area contributed by atoms with E-state index in [1.165, 1.54) is 40.9 Å². The number of sulfonamides is 1. The van der Waals surface area contributed by atoms with Gasteiger partial charge >= 0.3 is 0 Å². The Balaban J connectivity index is 1.51. The Kier molecular flexibility index (Phi) is 7.50. The number of halogens is 1. The van der Waals surface area contributed by atoms with Crippen LogP contribution in [0.25, 0.3) is 6.08 Å². The van der Waals surface area contributed by atoms with Crippen molar-refractivity contribution in [2.75, 3.05) is 11.9 Å². The lowest BCUT2D eigenvalue weighted by atomic mass is 10.2. The molecule has 1 aliphatic rings. The zero-order chi connectivity index (χ0) is 22.6. The van der Waals surface area contributed by atoms with Gasteiger partial charge < -0.3 is 5.32 Å². The summed E-state index contributed by atoms with van der Waals surface area (Å²) >= 11 is 12.4. The molecule has 1 heterocycles. The van der Waals surface area contributed by atoms with E-state index in [1.807, 2.05) is 12.1 Å². The Labute approximate surface area is 194 Å². The number of primary sulfonamides is 1. The van der Waals surface area contributed by atoms with Crippen LogP contribution in [0.4, 0.5) is 5.69 Å². The molecule has 162 valence electrons. The molecule has 0 aliphatic carbocycles. The summed E-state index contributed by atoms with van der Waals surface area (Å²) < 4.78 is 23.0. The third kappa shape index (κ3) is 6.37. The van der Waals surface area contributed by atoms with Crippen molar-refractivity contribution < 1.29 is 18.0 Å². The predicted octanol–water partition coefficient (Wildman–Crippen LogP) is 3.61. The second kappa shape index (κ2) is 9.92. The molecule has 0 spiro atoms. The van der Waals surface area contributed by atoms with Crippen LogP contribution >= 0.6 is 35.6 Å². The van der Waals surface area contributed by atoms with Crippen molar-refractivity contribution in [1.29, 1.82) is 0 Å². The van der Waals surface area contributed by atoms with E-state index >= 15 is 0 Å². The molecule has 0 unspecified atom stereocenters. The normalized spacial score (nSPS) is 15.5. The summed E-state index contributed by atoms with van der Waals surface area (Å²) in [5.74, 6) is -0.450. The van der Waals surface area contributed by atoms with Gasteiger partial charge in [-0.1, -0.05) is 47.7 Å². The monoisotopic (exact) mass is 495 g/mol. The third-order valence-electron chi connectivity index (χ3n) is 4.29. The number of nitrogens with zero attached hydrogens (tertiary/aromatic N) is 1. The van der Waals surface area contributed by atoms with E-state index in [2.05, 4.69) is 5.32 Å². The quantitative estimate of drug-likeness (QED) is 0.448. The van der Waals surface area contributed by atoms with Crippen molar-refractivity contribution in [3.8, 4) is 0 Å². The number of nitrogens with one attached hydrogen (secondary N) is 1. The molecule has 1 aliphatic heterocycles. The fourth-order valence-electron chi connectivity index (χ4n) is 2.75. The number of carbonyl (C=O) groups excluding carboxylic acids is 2. The highest BCUT2D eigenvalue weighted by Gasteiger charge is 2.31. The van der Waals surface area contributed by atoms with Gasteiger partial charge in [-0.05, 0) is 54.5 Å². The molecule has 0 atom stereocenters. The molecule has 2 amide bonds. The largest absolute Gasteiger partial charge is 0.326 e. The van der Waals surface area contributed by atoms with Gasteiger partial charge in [-0.2, -0.15) is 0 Å². The lowest BCUT2D eigenvalue weighted by Crippen LogP contribution is -2.29. The number of rotatable bonds is 7. The topological polar surface area (TPSA) is 110 Å². The van der Waals surface area contributed by atoms with E-state index in [9.17, 15) is 18.0 Å². The zero-order valence-corrected chi connectivity index (χ0v) is 19.3. The van der Waals surface area contributed by atoms with Crippen LogP contribution in [0, 0.1) is 0 Å². The fraction of sp³-hybridized carbons (Fsp3) is 0.150. The van der Waals surface area contributed by atoms with Gasteiger partial charge in [0.2, 0.25) is 15.9 Å². The van der Waals surface area contributed by atoms with Gasteiger partial charge in [0.1, 0.15) is 4.32 Å². The lowest BCUT2D eigenvalue weighted by molar-refractivity contribution is -0.122. The van der Waals surface area contributed by atoms with Crippen LogP contribution in [0.2, 0.25) is 5.02 Å². The first kappa shape index (κ1) is 23.4. The van der Waals surface area contributed by atoms with Crippen LogP contribution in [0.1, 0.15) is 18.4 Å². The van der Waals surface area contributed by atoms with Gasteiger partial charge in [-0.25, -0.2) is 13.6 Å². The number of amides is 2. The molecule has 3 rings (SSSR count). The van der Waals surface area contributed by atoms with Gasteiger partial charge in [0.05, 0.1) is 9.80 Å². The Hall–Kier alpha value is -2.24. The maximum absolute atomic E-state index is 12.6. The summed E-state index contributed by atoms with van der Waals surface area (Å²) in [6.45, 7) is 0.320. The van der Waals surface area contributed by atoms with E-state index in [1.54, 1.807) is 18.2 Å². The van der Waals surface area contributed by atoms with Crippen molar-refractivity contribution in [2.45, 2.75) is 17.7 Å². The second-order valence-electron chi connectivity index (χ2n) is 6.61. The lowest BCUT2D eigenvalue weighted by Gasteiger charge is -2.14. The van der Waals surface area contributed by atoms with Crippen LogP contribution in [0.3, 0.4) is 0 Å². The first-order valence-electron chi connectivity index (χ1n) is 9.07. The number of hydrogen-bond acceptors (Lipinski definition) is 6. The first-order chi connectivity index (χ1) is 14.6. The molecule has 3 N–H and O–H groups in total. The number of nitrogens with two attached hydrogens (primary N) is 1. The van der Waals surface area contributed by atoms with Gasteiger partial charge in [0.25, 0.3) is 5.91 Å². The Bertz CT molecular complexity index is 1150. The predicted molar refractivity (Wildman–Crippen MR) is 127 cm³/mol. The van der Waals surface area contributed by atoms with Crippen molar-refractivity contribution in [1.82, 2.24) is 4.90 Å². The van der Waals surface area contributed by atoms with Crippen LogP contribution in [0.15, 0.2) is 58.3 Å². The van der Waals surface area contributed by atoms with E-state index in [4.69, 9.17) is 29.0 Å². The molecular weight excluding hydrogens is 478 g/mol. The molecule has 31 heavy (non-hydrogen) atoms. The van der Waals surface area contributed by atoms with E-state index in [0.717, 1.165) is 5.56 Å². The average molecular weight is 496 g/mol. The molecule has 2 aromatic carbocycles. The van der Waals surface area contributed by atoms with Crippen LogP contribution in [-0.4, -0.2) is 36.0 Å². The number of thioether (sulfide) groups is 1. The number of hydrogen-bond donors (Lipinski definition) is 2. The third-order valence-corrected chi connectivity index (χ3v) is 6.85. The van der Waals surface area contributed by atoms with Crippen LogP contribution in [-0.2, 0) is 19.6 Å². The molecule has 0 bridgehead atoms. The Morgan fingerprint density at radius 3 is 2.42 bits per heavy atom. The molecule has 0 aromatic heterocycles. The zero-order valence-electron chi connectivity index (χ0n) is 16.1. The second-order valence-corrected chi connectivity index (χ2v) is 10.3. The minimum atomic E-state index is -3.78. The first-order valence-corrected chi connectivity index (χ1v) is 12.2. The van der Waals surface area contributed by atoms with Crippen LogP contribution < -0.4 is 10.5 Å². The van der Waals surface area contributed by atoms with Gasteiger partial charge in [0.15, 0.2) is 0 Å². The van der Waals surface area contributed by atoms with Crippen molar-refractivity contribution in [3.63, 3.8) is 0 Å². The summed E-state index contributed by atoms with van der Waals surface area (Å²) in [6.07, 6.45) is 2.35. The Morgan fingerprint density at radius 1 is 1.16 bits per heavy atom. The molecule has 7 nitrogen and oxygen atoms in total. The smallest absolute Gasteiger partial charge is 0.266 e. The molecule has 1 saturated heterocycles. The van der Waals surface area contributed by atoms with Gasteiger partial charge in [-0.15, -0.1) is 0 Å².